The van der Waals surface area contributed by atoms with E-state index in [9.17, 15) is 22.0 Å². The molecule has 6 rings (SSSR count). The predicted octanol–water partition coefficient (Wildman–Crippen LogP) is 7.02. The van der Waals surface area contributed by atoms with Gasteiger partial charge in [0.05, 0.1) is 28.3 Å². The molecule has 2 aliphatic heterocycles. The molecule has 182 valence electrons. The van der Waals surface area contributed by atoms with Gasteiger partial charge in [-0.15, -0.1) is 0 Å². The Labute approximate surface area is 214 Å². The predicted molar refractivity (Wildman–Crippen MR) is 124 cm³/mol. The van der Waals surface area contributed by atoms with Gasteiger partial charge in [-0.25, -0.2) is 31.9 Å². The summed E-state index contributed by atoms with van der Waals surface area (Å²) in [6, 6.07) is 11.8. The van der Waals surface area contributed by atoms with Crippen molar-refractivity contribution in [1.29, 1.82) is 0 Å². The van der Waals surface area contributed by atoms with E-state index >= 15 is 0 Å². The first-order chi connectivity index (χ1) is 16.9. The minimum atomic E-state index is -2.21. The van der Waals surface area contributed by atoms with Gasteiger partial charge in [0.25, 0.3) is 0 Å². The fourth-order valence-electron chi connectivity index (χ4n) is 4.07. The normalized spacial score (nSPS) is 12.1. The standard InChI is InChI=1S/C26H13F5N4.Pt/c27-22-21(23(28)25(30)26(31)24(22)29)19-10-18-9-16-4-3-14(33-16)7-12-1-2-13(32-12)8-15-5-6-17(34-15)11-20(19)35-18;/h1-11,32,35H;. The zero-order chi connectivity index (χ0) is 24.3. The summed E-state index contributed by atoms with van der Waals surface area (Å²) >= 11 is 0. The van der Waals surface area contributed by atoms with Crippen molar-refractivity contribution in [3.8, 4) is 11.1 Å². The Morgan fingerprint density at radius 1 is 0.500 bits per heavy atom. The fourth-order valence-corrected chi connectivity index (χ4v) is 4.07. The van der Waals surface area contributed by atoms with E-state index in [1.807, 2.05) is 24.3 Å². The Hall–Kier alpha value is -3.84. The maximum atomic E-state index is 14.7. The molecular weight excluding hydrogens is 658 g/mol. The van der Waals surface area contributed by atoms with Crippen LogP contribution in [0.4, 0.5) is 22.0 Å². The monoisotopic (exact) mass is 671 g/mol. The van der Waals surface area contributed by atoms with Gasteiger partial charge in [0.2, 0.25) is 5.82 Å². The summed E-state index contributed by atoms with van der Waals surface area (Å²) in [5.74, 6) is -10.1. The number of hydrogen-bond acceptors (Lipinski definition) is 2. The molecule has 5 heterocycles. The van der Waals surface area contributed by atoms with Crippen LogP contribution >= 0.6 is 0 Å². The van der Waals surface area contributed by atoms with E-state index < -0.39 is 34.6 Å². The zero-order valence-electron chi connectivity index (χ0n) is 18.0. The molecule has 3 aromatic heterocycles. The number of H-pyrrole nitrogens is 2. The molecular formula is C26H13F5N4Pt. The number of hydrogen-bond donors (Lipinski definition) is 2. The Kier molecular flexibility index (Phi) is 5.96. The third-order valence-corrected chi connectivity index (χ3v) is 5.65. The molecule has 2 N–H and O–H groups in total. The van der Waals surface area contributed by atoms with Crippen LogP contribution in [0.2, 0.25) is 0 Å². The maximum Gasteiger partial charge on any atom is 0.200 e. The molecule has 8 bridgehead atoms. The van der Waals surface area contributed by atoms with Gasteiger partial charge in [0.15, 0.2) is 23.3 Å². The third kappa shape index (κ3) is 4.09. The van der Waals surface area contributed by atoms with Crippen LogP contribution in [0, 0.1) is 29.1 Å². The molecule has 0 unspecified atom stereocenters. The minimum absolute atomic E-state index is 0. The van der Waals surface area contributed by atoms with Crippen molar-refractivity contribution in [3.63, 3.8) is 0 Å². The first-order valence-electron chi connectivity index (χ1n) is 10.5. The SMILES string of the molecule is Fc1c(F)c(F)c(-c2cc3cc4nc(cc5ccc(cc6nc(cc2[nH]3)C=C6)[nH]5)C=C4)c(F)c1F.[Pt]. The van der Waals surface area contributed by atoms with Gasteiger partial charge in [0.1, 0.15) is 0 Å². The second kappa shape index (κ2) is 8.99. The number of nitrogens with zero attached hydrogens (tertiary/aromatic N) is 2. The molecule has 10 heteroatoms. The number of aromatic amines is 2. The van der Waals surface area contributed by atoms with E-state index in [1.54, 1.807) is 30.4 Å². The van der Waals surface area contributed by atoms with E-state index in [2.05, 4.69) is 19.9 Å². The number of fused-ring (bicyclic) bond motifs is 8. The molecule has 0 saturated carbocycles. The average molecular weight is 671 g/mol. The Morgan fingerprint density at radius 2 is 0.944 bits per heavy atom. The molecule has 0 saturated heterocycles. The van der Waals surface area contributed by atoms with Crippen molar-refractivity contribution < 1.29 is 43.0 Å². The van der Waals surface area contributed by atoms with Crippen LogP contribution in [-0.4, -0.2) is 19.9 Å². The van der Waals surface area contributed by atoms with E-state index in [-0.39, 0.29) is 32.1 Å². The molecule has 1 aromatic carbocycles. The molecule has 0 fully saturated rings. The van der Waals surface area contributed by atoms with Crippen molar-refractivity contribution >= 4 is 46.4 Å². The number of nitrogens with one attached hydrogen (secondary N) is 2. The summed E-state index contributed by atoms with van der Waals surface area (Å²) in [6.07, 6.45) is 6.95. The van der Waals surface area contributed by atoms with Crippen LogP contribution in [0.25, 0.3) is 57.5 Å². The third-order valence-electron chi connectivity index (χ3n) is 5.65. The van der Waals surface area contributed by atoms with Gasteiger partial charge < -0.3 is 9.97 Å². The Bertz CT molecular complexity index is 1740. The van der Waals surface area contributed by atoms with Gasteiger partial charge in [-0.05, 0) is 66.8 Å². The van der Waals surface area contributed by atoms with Gasteiger partial charge in [0, 0.05) is 48.7 Å². The number of benzene rings is 1. The van der Waals surface area contributed by atoms with Gasteiger partial charge >= 0.3 is 0 Å². The first kappa shape index (κ1) is 23.9. The minimum Gasteiger partial charge on any atom is -0.355 e. The fraction of sp³-hybridized carbons (Fsp3) is 0. The topological polar surface area (TPSA) is 57.4 Å². The second-order valence-corrected chi connectivity index (χ2v) is 8.03. The molecule has 0 spiro atoms. The molecule has 4 nitrogen and oxygen atoms in total. The summed E-state index contributed by atoms with van der Waals surface area (Å²) in [6.45, 7) is 0. The van der Waals surface area contributed by atoms with Crippen molar-refractivity contribution in [2.45, 2.75) is 0 Å². The van der Waals surface area contributed by atoms with Gasteiger partial charge in [-0.1, -0.05) is 0 Å². The molecule has 2 aliphatic rings. The van der Waals surface area contributed by atoms with E-state index in [0.717, 1.165) is 11.0 Å². The van der Waals surface area contributed by atoms with Crippen LogP contribution in [-0.2, 0) is 21.1 Å². The van der Waals surface area contributed by atoms with E-state index in [4.69, 9.17) is 0 Å². The van der Waals surface area contributed by atoms with Crippen molar-refractivity contribution in [3.05, 3.63) is 94.3 Å². The van der Waals surface area contributed by atoms with E-state index in [1.165, 1.54) is 12.1 Å². The summed E-state index contributed by atoms with van der Waals surface area (Å²) in [7, 11) is 0. The average Bonchev–Trinajstić information content (AvgIpc) is 3.62. The van der Waals surface area contributed by atoms with Crippen LogP contribution < -0.4 is 0 Å². The molecule has 36 heavy (non-hydrogen) atoms. The van der Waals surface area contributed by atoms with Crippen molar-refractivity contribution in [2.24, 2.45) is 0 Å². The van der Waals surface area contributed by atoms with Crippen LogP contribution in [0.15, 0.2) is 42.5 Å². The summed E-state index contributed by atoms with van der Waals surface area (Å²) < 4.78 is 70.9. The summed E-state index contributed by atoms with van der Waals surface area (Å²) in [4.78, 5) is 15.2. The van der Waals surface area contributed by atoms with Crippen LogP contribution in [0.5, 0.6) is 0 Å². The molecule has 0 atom stereocenters. The second-order valence-electron chi connectivity index (χ2n) is 8.03. The molecule has 0 amide bonds. The van der Waals surface area contributed by atoms with Gasteiger partial charge in [-0.2, -0.15) is 0 Å². The number of aromatic nitrogens is 4. The van der Waals surface area contributed by atoms with E-state index in [0.29, 0.717) is 28.3 Å². The van der Waals surface area contributed by atoms with Crippen molar-refractivity contribution in [2.75, 3.05) is 0 Å². The molecule has 4 aromatic rings. The van der Waals surface area contributed by atoms with Crippen LogP contribution in [0.3, 0.4) is 0 Å². The van der Waals surface area contributed by atoms with Gasteiger partial charge in [-0.3, -0.25) is 0 Å². The number of halogens is 5. The molecule has 0 radical (unpaired) electrons. The Balaban J connectivity index is 0.00000267. The maximum absolute atomic E-state index is 14.7. The number of rotatable bonds is 1. The molecule has 0 aliphatic carbocycles. The van der Waals surface area contributed by atoms with Crippen LogP contribution in [0.1, 0.15) is 22.8 Å². The zero-order valence-corrected chi connectivity index (χ0v) is 20.2. The Morgan fingerprint density at radius 3 is 1.47 bits per heavy atom. The van der Waals surface area contributed by atoms with Crippen molar-refractivity contribution in [1.82, 2.24) is 19.9 Å². The summed E-state index contributed by atoms with van der Waals surface area (Å²) in [5.41, 5.74) is 3.13. The first-order valence-corrected chi connectivity index (χ1v) is 10.5. The summed E-state index contributed by atoms with van der Waals surface area (Å²) in [5, 5.41) is 0. The quantitative estimate of drug-likeness (QED) is 0.112. The smallest absolute Gasteiger partial charge is 0.200 e. The largest absolute Gasteiger partial charge is 0.355 e.